The van der Waals surface area contributed by atoms with Crippen LogP contribution in [0.4, 0.5) is 5.82 Å². The zero-order chi connectivity index (χ0) is 12.7. The second kappa shape index (κ2) is 7.16. The Kier molecular flexibility index (Phi) is 5.82. The molecular weight excluding hydrogens is 220 g/mol. The van der Waals surface area contributed by atoms with Gasteiger partial charge in [-0.15, -0.1) is 0 Å². The molecule has 0 saturated heterocycles. The minimum absolute atomic E-state index is 0.107. The highest BCUT2D eigenvalue weighted by molar-refractivity contribution is 5.34. The molecule has 0 aliphatic carbocycles. The summed E-state index contributed by atoms with van der Waals surface area (Å²) in [6, 6.07) is 1.76. The number of hydrogen-bond donors (Lipinski definition) is 2. The molecule has 0 radical (unpaired) electrons. The molecular formula is C11H20N4O2. The fourth-order valence-corrected chi connectivity index (χ4v) is 1.53. The maximum absolute atomic E-state index is 5.58. The third kappa shape index (κ3) is 3.92. The summed E-state index contributed by atoms with van der Waals surface area (Å²) in [4.78, 5) is 8.70. The molecule has 0 amide bonds. The average Bonchev–Trinajstić information content (AvgIpc) is 2.35. The number of methoxy groups -OCH3 is 1. The summed E-state index contributed by atoms with van der Waals surface area (Å²) in [5, 5.41) is 0. The highest BCUT2D eigenvalue weighted by atomic mass is 16.5. The normalized spacial score (nSPS) is 12.5. The molecule has 1 unspecified atom stereocenters. The monoisotopic (exact) mass is 240 g/mol. The predicted molar refractivity (Wildman–Crippen MR) is 65.2 cm³/mol. The molecule has 1 aromatic rings. The topological polar surface area (TPSA) is 82.3 Å². The van der Waals surface area contributed by atoms with Gasteiger partial charge in [-0.05, 0) is 13.3 Å². The van der Waals surface area contributed by atoms with E-state index in [-0.39, 0.29) is 6.10 Å². The van der Waals surface area contributed by atoms with Gasteiger partial charge in [0.25, 0.3) is 0 Å². The molecule has 0 fully saturated rings. The minimum Gasteiger partial charge on any atom is -0.378 e. The lowest BCUT2D eigenvalue weighted by Gasteiger charge is -2.15. The van der Waals surface area contributed by atoms with Crippen LogP contribution in [0.3, 0.4) is 0 Å². The summed E-state index contributed by atoms with van der Waals surface area (Å²) >= 11 is 0. The number of rotatable bonds is 7. The van der Waals surface area contributed by atoms with Gasteiger partial charge in [0, 0.05) is 19.8 Å². The minimum atomic E-state index is -0.107. The maximum Gasteiger partial charge on any atom is 0.159 e. The zero-order valence-electron chi connectivity index (χ0n) is 10.6. The lowest BCUT2D eigenvalue weighted by atomic mass is 10.2. The van der Waals surface area contributed by atoms with Crippen molar-refractivity contribution >= 4 is 5.82 Å². The molecule has 0 aromatic carbocycles. The number of ether oxygens (including phenoxy) is 2. The molecule has 0 aliphatic rings. The van der Waals surface area contributed by atoms with Gasteiger partial charge < -0.3 is 14.9 Å². The van der Waals surface area contributed by atoms with Gasteiger partial charge >= 0.3 is 0 Å². The second-order valence-electron chi connectivity index (χ2n) is 3.53. The van der Waals surface area contributed by atoms with Gasteiger partial charge in [0.15, 0.2) is 5.82 Å². The second-order valence-corrected chi connectivity index (χ2v) is 3.53. The number of nitrogens with zero attached hydrogens (tertiary/aromatic N) is 2. The highest BCUT2D eigenvalue weighted by Crippen LogP contribution is 2.19. The smallest absolute Gasteiger partial charge is 0.159 e. The van der Waals surface area contributed by atoms with Gasteiger partial charge in [0.2, 0.25) is 0 Å². The first-order valence-electron chi connectivity index (χ1n) is 5.70. The van der Waals surface area contributed by atoms with Crippen LogP contribution in [0.15, 0.2) is 6.07 Å². The first-order valence-corrected chi connectivity index (χ1v) is 5.70. The van der Waals surface area contributed by atoms with Crippen molar-refractivity contribution in [1.29, 1.82) is 0 Å². The van der Waals surface area contributed by atoms with Gasteiger partial charge in [-0.1, -0.05) is 6.92 Å². The van der Waals surface area contributed by atoms with Gasteiger partial charge in [0.05, 0.1) is 12.3 Å². The van der Waals surface area contributed by atoms with E-state index in [1.54, 1.807) is 13.2 Å². The van der Waals surface area contributed by atoms with Crippen LogP contribution in [-0.2, 0) is 16.1 Å². The number of aromatic nitrogens is 2. The summed E-state index contributed by atoms with van der Waals surface area (Å²) in [6.45, 7) is 5.03. The summed E-state index contributed by atoms with van der Waals surface area (Å²) in [6.07, 6.45) is 0.706. The molecule has 96 valence electrons. The Balaban J connectivity index is 2.99. The van der Waals surface area contributed by atoms with Gasteiger partial charge in [-0.3, -0.25) is 0 Å². The van der Waals surface area contributed by atoms with Crippen molar-refractivity contribution in [2.45, 2.75) is 33.0 Å². The molecule has 17 heavy (non-hydrogen) atoms. The van der Waals surface area contributed by atoms with Gasteiger partial charge in [-0.25, -0.2) is 15.8 Å². The Morgan fingerprint density at radius 3 is 2.71 bits per heavy atom. The molecule has 1 aromatic heterocycles. The van der Waals surface area contributed by atoms with Crippen LogP contribution >= 0.6 is 0 Å². The SMILES string of the molecule is CCOC(CC)c1nc(COC)cc(NN)n1. The molecule has 3 N–H and O–H groups in total. The molecule has 1 atom stereocenters. The van der Waals surface area contributed by atoms with Crippen LogP contribution in [0.5, 0.6) is 0 Å². The fraction of sp³-hybridized carbons (Fsp3) is 0.636. The Morgan fingerprint density at radius 1 is 1.41 bits per heavy atom. The number of nitrogens with one attached hydrogen (secondary N) is 1. The number of hydrogen-bond acceptors (Lipinski definition) is 6. The van der Waals surface area contributed by atoms with Crippen molar-refractivity contribution < 1.29 is 9.47 Å². The van der Waals surface area contributed by atoms with Gasteiger partial charge in [0.1, 0.15) is 11.9 Å². The number of hydrazine groups is 1. The summed E-state index contributed by atoms with van der Waals surface area (Å²) in [5.41, 5.74) is 3.31. The number of nitrogens with two attached hydrogens (primary N) is 1. The maximum atomic E-state index is 5.58. The highest BCUT2D eigenvalue weighted by Gasteiger charge is 2.14. The molecule has 6 heteroatoms. The van der Waals surface area contributed by atoms with Crippen molar-refractivity contribution in [2.24, 2.45) is 5.84 Å². The molecule has 6 nitrogen and oxygen atoms in total. The van der Waals surface area contributed by atoms with E-state index >= 15 is 0 Å². The van der Waals surface area contributed by atoms with Crippen molar-refractivity contribution in [3.05, 3.63) is 17.6 Å². The predicted octanol–water partition coefficient (Wildman–Crippen LogP) is 1.40. The quantitative estimate of drug-likeness (QED) is 0.553. The van der Waals surface area contributed by atoms with E-state index < -0.39 is 0 Å². The largest absolute Gasteiger partial charge is 0.378 e. The number of anilines is 1. The Bertz CT molecular complexity index is 346. The van der Waals surface area contributed by atoms with Crippen LogP contribution in [0.1, 0.15) is 37.9 Å². The summed E-state index contributed by atoms with van der Waals surface area (Å²) < 4.78 is 10.6. The van der Waals surface area contributed by atoms with Gasteiger partial charge in [-0.2, -0.15) is 0 Å². The van der Waals surface area contributed by atoms with E-state index in [1.807, 2.05) is 13.8 Å². The summed E-state index contributed by atoms with van der Waals surface area (Å²) in [5.74, 6) is 6.58. The zero-order valence-corrected chi connectivity index (χ0v) is 10.6. The van der Waals surface area contributed by atoms with E-state index in [2.05, 4.69) is 15.4 Å². The average molecular weight is 240 g/mol. The first kappa shape index (κ1) is 13.8. The molecule has 0 spiro atoms. The number of nitrogen functional groups attached to an aromatic ring is 1. The van der Waals surface area contributed by atoms with E-state index in [0.717, 1.165) is 12.1 Å². The van der Waals surface area contributed by atoms with E-state index in [4.69, 9.17) is 15.3 Å². The van der Waals surface area contributed by atoms with Crippen LogP contribution in [0, 0.1) is 0 Å². The molecule has 1 heterocycles. The third-order valence-corrected chi connectivity index (χ3v) is 2.26. The van der Waals surface area contributed by atoms with E-state index in [1.165, 1.54) is 0 Å². The standard InChI is InChI=1S/C11H20N4O2/c1-4-9(17-5-2)11-13-8(7-16-3)6-10(14-11)15-12/h6,9H,4-5,7,12H2,1-3H3,(H,13,14,15). The Hall–Kier alpha value is -1.24. The lowest BCUT2D eigenvalue weighted by molar-refractivity contribution is 0.0530. The molecule has 1 rings (SSSR count). The van der Waals surface area contributed by atoms with E-state index in [9.17, 15) is 0 Å². The van der Waals surface area contributed by atoms with Crippen LogP contribution < -0.4 is 11.3 Å². The summed E-state index contributed by atoms with van der Waals surface area (Å²) in [7, 11) is 1.62. The Morgan fingerprint density at radius 2 is 2.18 bits per heavy atom. The van der Waals surface area contributed by atoms with Crippen LogP contribution in [0.2, 0.25) is 0 Å². The van der Waals surface area contributed by atoms with E-state index in [0.29, 0.717) is 24.9 Å². The molecule has 0 aliphatic heterocycles. The van der Waals surface area contributed by atoms with Crippen LogP contribution in [-0.4, -0.2) is 23.7 Å². The van der Waals surface area contributed by atoms with Crippen molar-refractivity contribution in [3.63, 3.8) is 0 Å². The van der Waals surface area contributed by atoms with Crippen LogP contribution in [0.25, 0.3) is 0 Å². The van der Waals surface area contributed by atoms with Crippen molar-refractivity contribution in [1.82, 2.24) is 9.97 Å². The third-order valence-electron chi connectivity index (χ3n) is 2.26. The lowest BCUT2D eigenvalue weighted by Crippen LogP contribution is -2.15. The molecule has 0 bridgehead atoms. The Labute approximate surface area is 102 Å². The molecule has 0 saturated carbocycles. The van der Waals surface area contributed by atoms with Crippen molar-refractivity contribution in [3.8, 4) is 0 Å². The fourth-order valence-electron chi connectivity index (χ4n) is 1.53. The van der Waals surface area contributed by atoms with Crippen molar-refractivity contribution in [2.75, 3.05) is 19.1 Å². The first-order chi connectivity index (χ1) is 8.24.